The SMILES string of the molecule is C=C(C#N)CNc1c(OC)ccc2ccc(-c3ccc(OC)cn3)cc12. The van der Waals surface area contributed by atoms with Crippen LogP contribution in [0.3, 0.4) is 0 Å². The quantitative estimate of drug-likeness (QED) is 0.670. The van der Waals surface area contributed by atoms with Crippen molar-refractivity contribution >= 4 is 16.5 Å². The van der Waals surface area contributed by atoms with Crippen molar-refractivity contribution in [3.05, 3.63) is 60.8 Å². The number of pyridine rings is 1. The summed E-state index contributed by atoms with van der Waals surface area (Å²) in [6.45, 7) is 4.08. The maximum Gasteiger partial charge on any atom is 0.142 e. The second-order valence-electron chi connectivity index (χ2n) is 5.73. The minimum Gasteiger partial charge on any atom is -0.495 e. The molecule has 0 bridgehead atoms. The molecule has 130 valence electrons. The maximum atomic E-state index is 8.95. The number of nitrogens with zero attached hydrogens (tertiary/aromatic N) is 2. The topological polar surface area (TPSA) is 67.2 Å². The number of methoxy groups -OCH3 is 2. The van der Waals surface area contributed by atoms with E-state index in [1.54, 1.807) is 20.4 Å². The summed E-state index contributed by atoms with van der Waals surface area (Å²) in [6.07, 6.45) is 1.70. The first-order chi connectivity index (χ1) is 12.7. The van der Waals surface area contributed by atoms with Crippen molar-refractivity contribution in [3.8, 4) is 28.8 Å². The molecule has 0 amide bonds. The van der Waals surface area contributed by atoms with E-state index < -0.39 is 0 Å². The molecule has 0 spiro atoms. The van der Waals surface area contributed by atoms with Gasteiger partial charge >= 0.3 is 0 Å². The standard InChI is InChI=1S/C21H19N3O2/c1-14(11-22)12-24-21-18-10-16(19-8-7-17(25-2)13-23-19)5-4-15(18)6-9-20(21)26-3/h4-10,13,24H,1,12H2,2-3H3. The number of nitriles is 1. The third-order valence-electron chi connectivity index (χ3n) is 4.11. The molecule has 3 rings (SSSR count). The average Bonchev–Trinajstić information content (AvgIpc) is 2.71. The maximum absolute atomic E-state index is 8.95. The zero-order chi connectivity index (χ0) is 18.5. The Morgan fingerprint density at radius 1 is 1.15 bits per heavy atom. The smallest absolute Gasteiger partial charge is 0.142 e. The normalized spacial score (nSPS) is 10.2. The number of anilines is 1. The van der Waals surface area contributed by atoms with Gasteiger partial charge < -0.3 is 14.8 Å². The molecule has 1 N–H and O–H groups in total. The Hall–Kier alpha value is -3.52. The van der Waals surface area contributed by atoms with E-state index in [0.29, 0.717) is 23.6 Å². The van der Waals surface area contributed by atoms with Crippen LogP contribution in [0.15, 0.2) is 60.8 Å². The molecule has 3 aromatic rings. The molecule has 0 aliphatic rings. The Balaban J connectivity index is 2.08. The molecule has 0 fully saturated rings. The molecule has 0 aliphatic carbocycles. The van der Waals surface area contributed by atoms with Gasteiger partial charge in [-0.25, -0.2) is 0 Å². The van der Waals surface area contributed by atoms with Gasteiger partial charge in [0.2, 0.25) is 0 Å². The molecule has 1 aromatic heterocycles. The fourth-order valence-corrected chi connectivity index (χ4v) is 2.72. The van der Waals surface area contributed by atoms with Crippen molar-refractivity contribution in [3.63, 3.8) is 0 Å². The van der Waals surface area contributed by atoms with E-state index in [1.165, 1.54) is 0 Å². The Labute approximate surface area is 152 Å². The summed E-state index contributed by atoms with van der Waals surface area (Å²) >= 11 is 0. The summed E-state index contributed by atoms with van der Waals surface area (Å²) in [7, 11) is 3.24. The van der Waals surface area contributed by atoms with Gasteiger partial charge in [0.15, 0.2) is 0 Å². The van der Waals surface area contributed by atoms with Crippen LogP contribution >= 0.6 is 0 Å². The average molecular weight is 345 g/mol. The van der Waals surface area contributed by atoms with Crippen molar-refractivity contribution in [1.29, 1.82) is 5.26 Å². The molecule has 0 saturated heterocycles. The molecule has 0 saturated carbocycles. The minimum atomic E-state index is 0.358. The highest BCUT2D eigenvalue weighted by molar-refractivity contribution is 5.99. The molecule has 26 heavy (non-hydrogen) atoms. The van der Waals surface area contributed by atoms with E-state index in [0.717, 1.165) is 27.7 Å². The number of benzene rings is 2. The lowest BCUT2D eigenvalue weighted by atomic mass is 10.0. The van der Waals surface area contributed by atoms with E-state index in [2.05, 4.69) is 22.9 Å². The fourth-order valence-electron chi connectivity index (χ4n) is 2.72. The molecule has 1 heterocycles. The van der Waals surface area contributed by atoms with Crippen LogP contribution in [0.5, 0.6) is 11.5 Å². The Bertz CT molecular complexity index is 989. The van der Waals surface area contributed by atoms with Crippen LogP contribution in [0, 0.1) is 11.3 Å². The van der Waals surface area contributed by atoms with E-state index >= 15 is 0 Å². The van der Waals surface area contributed by atoms with Crippen molar-refractivity contribution in [2.75, 3.05) is 26.1 Å². The molecular formula is C21H19N3O2. The summed E-state index contributed by atoms with van der Waals surface area (Å²) in [5.41, 5.74) is 3.12. The second-order valence-corrected chi connectivity index (χ2v) is 5.73. The molecule has 5 heteroatoms. The van der Waals surface area contributed by atoms with Gasteiger partial charge in [0.25, 0.3) is 0 Å². The number of fused-ring (bicyclic) bond motifs is 1. The predicted molar refractivity (Wildman–Crippen MR) is 104 cm³/mol. The van der Waals surface area contributed by atoms with Crippen LogP contribution in [-0.2, 0) is 0 Å². The number of ether oxygens (including phenoxy) is 2. The lowest BCUT2D eigenvalue weighted by Crippen LogP contribution is -2.05. The van der Waals surface area contributed by atoms with Crippen molar-refractivity contribution in [2.24, 2.45) is 0 Å². The van der Waals surface area contributed by atoms with Gasteiger partial charge in [0.05, 0.1) is 37.9 Å². The van der Waals surface area contributed by atoms with Gasteiger partial charge in [-0.2, -0.15) is 5.26 Å². The number of hydrogen-bond acceptors (Lipinski definition) is 5. The van der Waals surface area contributed by atoms with Crippen LogP contribution in [0.1, 0.15) is 0 Å². The first kappa shape index (κ1) is 17.3. The zero-order valence-electron chi connectivity index (χ0n) is 14.7. The molecule has 2 aromatic carbocycles. The predicted octanol–water partition coefficient (Wildman–Crippen LogP) is 4.41. The Morgan fingerprint density at radius 3 is 2.62 bits per heavy atom. The molecule has 0 radical (unpaired) electrons. The van der Waals surface area contributed by atoms with E-state index in [-0.39, 0.29) is 0 Å². The summed E-state index contributed by atoms with van der Waals surface area (Å²) in [5.74, 6) is 1.43. The van der Waals surface area contributed by atoms with Crippen LogP contribution in [0.2, 0.25) is 0 Å². The van der Waals surface area contributed by atoms with Crippen molar-refractivity contribution in [2.45, 2.75) is 0 Å². The molecule has 0 unspecified atom stereocenters. The van der Waals surface area contributed by atoms with Crippen LogP contribution in [-0.4, -0.2) is 25.7 Å². The molecule has 5 nitrogen and oxygen atoms in total. The molecule has 0 aliphatic heterocycles. The van der Waals surface area contributed by atoms with Gasteiger partial charge in [-0.15, -0.1) is 0 Å². The molecular weight excluding hydrogens is 326 g/mol. The van der Waals surface area contributed by atoms with E-state index in [4.69, 9.17) is 14.7 Å². The van der Waals surface area contributed by atoms with E-state index in [9.17, 15) is 0 Å². The summed E-state index contributed by atoms with van der Waals surface area (Å²) in [4.78, 5) is 4.45. The number of rotatable bonds is 6. The highest BCUT2D eigenvalue weighted by Gasteiger charge is 2.10. The van der Waals surface area contributed by atoms with E-state index in [1.807, 2.05) is 42.5 Å². The van der Waals surface area contributed by atoms with Gasteiger partial charge in [0, 0.05) is 23.1 Å². The number of aromatic nitrogens is 1. The Morgan fingerprint density at radius 2 is 1.96 bits per heavy atom. The summed E-state index contributed by atoms with van der Waals surface area (Å²) in [5, 5.41) is 14.3. The van der Waals surface area contributed by atoms with Crippen molar-refractivity contribution < 1.29 is 9.47 Å². The van der Waals surface area contributed by atoms with Gasteiger partial charge in [-0.05, 0) is 29.7 Å². The van der Waals surface area contributed by atoms with Crippen molar-refractivity contribution in [1.82, 2.24) is 4.98 Å². The number of hydrogen-bond donors (Lipinski definition) is 1. The third-order valence-corrected chi connectivity index (χ3v) is 4.11. The third kappa shape index (κ3) is 3.45. The van der Waals surface area contributed by atoms with Crippen LogP contribution in [0.4, 0.5) is 5.69 Å². The lowest BCUT2D eigenvalue weighted by Gasteiger charge is -2.15. The second kappa shape index (κ2) is 7.58. The monoisotopic (exact) mass is 345 g/mol. The fraction of sp³-hybridized carbons (Fsp3) is 0.143. The highest BCUT2D eigenvalue weighted by Crippen LogP contribution is 2.35. The lowest BCUT2D eigenvalue weighted by molar-refractivity contribution is 0.413. The van der Waals surface area contributed by atoms with Crippen LogP contribution < -0.4 is 14.8 Å². The van der Waals surface area contributed by atoms with Gasteiger partial charge in [-0.1, -0.05) is 24.8 Å². The molecule has 0 atom stereocenters. The Kier molecular flexibility index (Phi) is 5.04. The number of nitrogens with one attached hydrogen (secondary N) is 1. The summed E-state index contributed by atoms with van der Waals surface area (Å²) in [6, 6.07) is 15.9. The first-order valence-electron chi connectivity index (χ1n) is 8.09. The zero-order valence-corrected chi connectivity index (χ0v) is 14.7. The highest BCUT2D eigenvalue weighted by atomic mass is 16.5. The first-order valence-corrected chi connectivity index (χ1v) is 8.09. The van der Waals surface area contributed by atoms with Gasteiger partial charge in [-0.3, -0.25) is 4.98 Å². The largest absolute Gasteiger partial charge is 0.495 e. The summed E-state index contributed by atoms with van der Waals surface area (Å²) < 4.78 is 10.7. The minimum absolute atomic E-state index is 0.358. The van der Waals surface area contributed by atoms with Crippen LogP contribution in [0.25, 0.3) is 22.0 Å². The van der Waals surface area contributed by atoms with Gasteiger partial charge in [0.1, 0.15) is 11.5 Å².